The molecule has 3 rings (SSSR count). The second-order valence-electron chi connectivity index (χ2n) is 5.30. The number of carbonyl (C=O) groups is 1. The standard InChI is InChI=1S/C17H14FNO4S.C2H6.CH3.2Y/c18-14-10-12(6-7-15(14)24(19,21)22)16(11-4-2-1-3-5-11)13-8-9-23-17(13)20;1-2;;;/h1-7,10H,8-9H2,(H2,19,21,22);1-2H3;1H3;;/q;;-1;;/b16-13+;;;;. The molecule has 0 spiro atoms. The second-order valence-corrected chi connectivity index (χ2v) is 6.83. The number of esters is 1. The molecule has 5 nitrogen and oxygen atoms in total. The van der Waals surface area contributed by atoms with Gasteiger partial charge in [0.05, 0.1) is 6.61 Å². The maximum absolute atomic E-state index is 14.2. The van der Waals surface area contributed by atoms with Crippen molar-refractivity contribution in [3.05, 3.63) is 78.5 Å². The monoisotopic (exact) mass is 570 g/mol. The first-order valence-corrected chi connectivity index (χ1v) is 9.71. The van der Waals surface area contributed by atoms with Crippen LogP contribution in [0.4, 0.5) is 4.39 Å². The van der Waals surface area contributed by atoms with Crippen LogP contribution in [0.1, 0.15) is 31.4 Å². The maximum atomic E-state index is 14.2. The van der Waals surface area contributed by atoms with Crippen molar-refractivity contribution in [2.24, 2.45) is 5.14 Å². The summed E-state index contributed by atoms with van der Waals surface area (Å²) in [5.74, 6) is -1.42. The first-order valence-electron chi connectivity index (χ1n) is 8.16. The van der Waals surface area contributed by atoms with Crippen molar-refractivity contribution in [3.8, 4) is 0 Å². The fraction of sp³-hybridized carbons (Fsp3) is 0.200. The fourth-order valence-electron chi connectivity index (χ4n) is 2.67. The second kappa shape index (κ2) is 13.9. The number of halogens is 1. The number of benzene rings is 2. The van der Waals surface area contributed by atoms with Gasteiger partial charge >= 0.3 is 5.97 Å². The predicted molar refractivity (Wildman–Crippen MR) is 104 cm³/mol. The molecular weight excluding hydrogens is 547 g/mol. The molecule has 1 aliphatic heterocycles. The van der Waals surface area contributed by atoms with Gasteiger partial charge in [0.1, 0.15) is 10.7 Å². The quantitative estimate of drug-likeness (QED) is 0.347. The third-order valence-electron chi connectivity index (χ3n) is 3.72. The van der Waals surface area contributed by atoms with Gasteiger partial charge in [-0.15, -0.1) is 0 Å². The Morgan fingerprint density at radius 2 is 1.62 bits per heavy atom. The van der Waals surface area contributed by atoms with E-state index in [-0.39, 0.29) is 79.5 Å². The third-order valence-corrected chi connectivity index (χ3v) is 4.67. The van der Waals surface area contributed by atoms with E-state index < -0.39 is 26.7 Å². The number of primary sulfonamides is 1. The molecule has 0 aliphatic carbocycles. The zero-order valence-electron chi connectivity index (χ0n) is 16.7. The minimum atomic E-state index is -4.15. The molecule has 1 saturated heterocycles. The Hall–Kier alpha value is -0.302. The average Bonchev–Trinajstić information content (AvgIpc) is 3.03. The minimum Gasteiger partial charge on any atom is -0.462 e. The number of hydrogen-bond acceptors (Lipinski definition) is 4. The fourth-order valence-corrected chi connectivity index (χ4v) is 3.26. The summed E-state index contributed by atoms with van der Waals surface area (Å²) in [6.45, 7) is 4.27. The zero-order chi connectivity index (χ0) is 19.3. The van der Waals surface area contributed by atoms with Gasteiger partial charge in [0.25, 0.3) is 0 Å². The molecule has 1 fully saturated rings. The summed E-state index contributed by atoms with van der Waals surface area (Å²) in [5, 5.41) is 4.99. The number of carbonyl (C=O) groups excluding carboxylic acids is 1. The van der Waals surface area contributed by atoms with Gasteiger partial charge < -0.3 is 12.2 Å². The molecule has 2 aromatic rings. The Kier molecular flexibility index (Phi) is 14.8. The number of sulfonamides is 1. The van der Waals surface area contributed by atoms with Crippen LogP contribution in [-0.4, -0.2) is 21.0 Å². The van der Waals surface area contributed by atoms with Gasteiger partial charge in [-0.2, -0.15) is 0 Å². The van der Waals surface area contributed by atoms with E-state index in [0.29, 0.717) is 28.7 Å². The Bertz CT molecular complexity index is 948. The van der Waals surface area contributed by atoms with Gasteiger partial charge in [0.15, 0.2) is 0 Å². The number of rotatable bonds is 3. The van der Waals surface area contributed by atoms with Crippen LogP contribution in [0, 0.1) is 13.2 Å². The van der Waals surface area contributed by atoms with Gasteiger partial charge in [0.2, 0.25) is 10.0 Å². The topological polar surface area (TPSA) is 86.5 Å². The third kappa shape index (κ3) is 7.71. The van der Waals surface area contributed by atoms with E-state index in [4.69, 9.17) is 9.88 Å². The summed E-state index contributed by atoms with van der Waals surface area (Å²) in [6, 6.07) is 12.6. The molecule has 1 heterocycles. The zero-order valence-corrected chi connectivity index (χ0v) is 23.2. The van der Waals surface area contributed by atoms with Crippen LogP contribution in [0.25, 0.3) is 5.57 Å². The average molecular weight is 570 g/mol. The molecule has 2 N–H and O–H groups in total. The van der Waals surface area contributed by atoms with Crippen molar-refractivity contribution in [2.75, 3.05) is 6.61 Å². The number of cyclic esters (lactones) is 1. The molecule has 9 heteroatoms. The summed E-state index contributed by atoms with van der Waals surface area (Å²) in [4.78, 5) is 11.4. The normalized spacial score (nSPS) is 14.1. The predicted octanol–water partition coefficient (Wildman–Crippen LogP) is 3.69. The molecule has 29 heavy (non-hydrogen) atoms. The van der Waals surface area contributed by atoms with Gasteiger partial charge in [-0.1, -0.05) is 50.2 Å². The van der Waals surface area contributed by atoms with Crippen LogP contribution in [0.15, 0.2) is 59.0 Å². The molecule has 0 atom stereocenters. The van der Waals surface area contributed by atoms with E-state index in [1.165, 1.54) is 6.07 Å². The SMILES string of the molecule is CC.NS(=O)(=O)c1ccc(/C(=C2\CCOC2=O)c2ccccc2)cc1F.[CH3-].[Y].[Y]. The van der Waals surface area contributed by atoms with Crippen molar-refractivity contribution in [1.82, 2.24) is 0 Å². The first kappa shape index (κ1) is 30.9. The first-order chi connectivity index (χ1) is 12.4. The number of hydrogen-bond donors (Lipinski definition) is 1. The van der Waals surface area contributed by atoms with Gasteiger partial charge in [-0.25, -0.2) is 22.7 Å². The van der Waals surface area contributed by atoms with Crippen LogP contribution in [-0.2, 0) is 85.0 Å². The van der Waals surface area contributed by atoms with Crippen molar-refractivity contribution in [2.45, 2.75) is 25.2 Å². The van der Waals surface area contributed by atoms with Crippen molar-refractivity contribution >= 4 is 21.6 Å². The van der Waals surface area contributed by atoms with E-state index in [1.807, 2.05) is 19.9 Å². The molecule has 2 radical (unpaired) electrons. The van der Waals surface area contributed by atoms with Crippen molar-refractivity contribution in [3.63, 3.8) is 0 Å². The molecule has 0 unspecified atom stereocenters. The molecule has 0 saturated carbocycles. The van der Waals surface area contributed by atoms with Crippen LogP contribution in [0.3, 0.4) is 0 Å². The smallest absolute Gasteiger partial charge is 0.334 e. The van der Waals surface area contributed by atoms with E-state index in [1.54, 1.807) is 24.3 Å². The van der Waals surface area contributed by atoms with E-state index in [0.717, 1.165) is 12.1 Å². The molecule has 152 valence electrons. The molecule has 2 aromatic carbocycles. The Morgan fingerprint density at radius 1 is 1.03 bits per heavy atom. The van der Waals surface area contributed by atoms with Crippen LogP contribution in [0.2, 0.25) is 0 Å². The van der Waals surface area contributed by atoms with Gasteiger partial charge in [-0.05, 0) is 28.8 Å². The minimum absolute atomic E-state index is 0. The van der Waals surface area contributed by atoms with Gasteiger partial charge in [0, 0.05) is 77.4 Å². The molecule has 0 amide bonds. The van der Waals surface area contributed by atoms with Gasteiger partial charge in [-0.3, -0.25) is 0 Å². The summed E-state index contributed by atoms with van der Waals surface area (Å²) >= 11 is 0. The molecule has 0 bridgehead atoms. The van der Waals surface area contributed by atoms with Crippen molar-refractivity contribution in [1.29, 1.82) is 0 Å². The Balaban J connectivity index is 0. The largest absolute Gasteiger partial charge is 0.462 e. The summed E-state index contributed by atoms with van der Waals surface area (Å²) in [6.07, 6.45) is 0.404. The summed E-state index contributed by atoms with van der Waals surface area (Å²) in [5.41, 5.74) is 2.07. The van der Waals surface area contributed by atoms with E-state index in [9.17, 15) is 17.6 Å². The molecular formula is C20H23FNO4SY2-. The van der Waals surface area contributed by atoms with E-state index >= 15 is 0 Å². The Morgan fingerprint density at radius 3 is 2.07 bits per heavy atom. The molecule has 0 aromatic heterocycles. The molecule has 1 aliphatic rings. The van der Waals surface area contributed by atoms with E-state index in [2.05, 4.69) is 0 Å². The van der Waals surface area contributed by atoms with Crippen LogP contribution < -0.4 is 5.14 Å². The number of nitrogens with two attached hydrogens (primary N) is 1. The summed E-state index contributed by atoms with van der Waals surface area (Å²) < 4.78 is 41.9. The van der Waals surface area contributed by atoms with Crippen molar-refractivity contribution < 1.29 is 87.8 Å². The van der Waals surface area contributed by atoms with Crippen LogP contribution >= 0.6 is 0 Å². The number of ether oxygens (including phenoxy) is 1. The van der Waals surface area contributed by atoms with Crippen LogP contribution in [0.5, 0.6) is 0 Å². The Labute approximate surface area is 222 Å². The summed E-state index contributed by atoms with van der Waals surface area (Å²) in [7, 11) is -4.15. The maximum Gasteiger partial charge on any atom is 0.334 e.